The Balaban J connectivity index is 1.66. The Hall–Kier alpha value is -2.90. The summed E-state index contributed by atoms with van der Waals surface area (Å²) in [5.41, 5.74) is 1.71. The van der Waals surface area contributed by atoms with Gasteiger partial charge in [-0.2, -0.15) is 5.10 Å². The first kappa shape index (κ1) is 16.9. The molecule has 0 spiro atoms. The van der Waals surface area contributed by atoms with Crippen LogP contribution in [0.3, 0.4) is 0 Å². The van der Waals surface area contributed by atoms with Gasteiger partial charge in [-0.05, 0) is 18.2 Å². The van der Waals surface area contributed by atoms with Gasteiger partial charge in [0.2, 0.25) is 5.91 Å². The van der Waals surface area contributed by atoms with E-state index in [2.05, 4.69) is 25.8 Å². The average Bonchev–Trinajstić information content (AvgIpc) is 3.06. The molecule has 8 nitrogen and oxygen atoms in total. The standard InChI is InChI=1S/C17H22N6O2/c1-17(2,3)13-8-12(21-22-13)16(25)20-11-4-5-14(19-9-11)23-7-6-18-15(24)10-23/h4-5,8-9H,6-7,10H2,1-3H3,(H,18,24)(H,20,25)(H,21,22). The summed E-state index contributed by atoms with van der Waals surface area (Å²) in [6.45, 7) is 7.76. The number of aromatic amines is 1. The van der Waals surface area contributed by atoms with E-state index in [-0.39, 0.29) is 17.2 Å². The van der Waals surface area contributed by atoms with Gasteiger partial charge in [0.25, 0.3) is 5.91 Å². The highest BCUT2D eigenvalue weighted by atomic mass is 16.2. The second-order valence-electron chi connectivity index (χ2n) is 7.05. The Morgan fingerprint density at radius 3 is 2.72 bits per heavy atom. The summed E-state index contributed by atoms with van der Waals surface area (Å²) < 4.78 is 0. The normalized spacial score (nSPS) is 15.0. The molecule has 3 rings (SSSR count). The number of piperazine rings is 1. The smallest absolute Gasteiger partial charge is 0.276 e. The number of amides is 2. The van der Waals surface area contributed by atoms with Gasteiger partial charge in [0, 0.05) is 24.2 Å². The number of aromatic nitrogens is 3. The molecule has 1 aliphatic rings. The zero-order valence-electron chi connectivity index (χ0n) is 14.6. The van der Waals surface area contributed by atoms with Crippen molar-refractivity contribution in [1.29, 1.82) is 0 Å². The fraction of sp³-hybridized carbons (Fsp3) is 0.412. The zero-order valence-corrected chi connectivity index (χ0v) is 14.6. The minimum absolute atomic E-state index is 0.0152. The summed E-state index contributed by atoms with van der Waals surface area (Å²) in [5, 5.41) is 12.5. The number of carbonyl (C=O) groups is 2. The zero-order chi connectivity index (χ0) is 18.0. The van der Waals surface area contributed by atoms with E-state index in [0.717, 1.165) is 5.69 Å². The number of anilines is 2. The second kappa shape index (κ2) is 6.54. The van der Waals surface area contributed by atoms with Gasteiger partial charge in [-0.3, -0.25) is 14.7 Å². The molecule has 1 aliphatic heterocycles. The van der Waals surface area contributed by atoms with Crippen LogP contribution in [-0.2, 0) is 10.2 Å². The van der Waals surface area contributed by atoms with E-state index >= 15 is 0 Å². The Labute approximate surface area is 146 Å². The number of carbonyl (C=O) groups excluding carboxylic acids is 2. The summed E-state index contributed by atoms with van der Waals surface area (Å²) in [6.07, 6.45) is 1.58. The van der Waals surface area contributed by atoms with Crippen LogP contribution >= 0.6 is 0 Å². The van der Waals surface area contributed by atoms with Gasteiger partial charge >= 0.3 is 0 Å². The minimum atomic E-state index is -0.293. The lowest BCUT2D eigenvalue weighted by molar-refractivity contribution is -0.120. The van der Waals surface area contributed by atoms with Crippen LogP contribution < -0.4 is 15.5 Å². The predicted molar refractivity (Wildman–Crippen MR) is 94.7 cm³/mol. The Morgan fingerprint density at radius 2 is 2.12 bits per heavy atom. The molecule has 0 aromatic carbocycles. The van der Waals surface area contributed by atoms with Crippen LogP contribution in [0.15, 0.2) is 24.4 Å². The molecular weight excluding hydrogens is 320 g/mol. The van der Waals surface area contributed by atoms with Crippen molar-refractivity contribution in [3.63, 3.8) is 0 Å². The number of nitrogens with one attached hydrogen (secondary N) is 3. The molecule has 2 amide bonds. The van der Waals surface area contributed by atoms with Gasteiger partial charge in [-0.25, -0.2) is 4.98 Å². The number of rotatable bonds is 3. The monoisotopic (exact) mass is 342 g/mol. The maximum absolute atomic E-state index is 12.3. The quantitative estimate of drug-likeness (QED) is 0.780. The van der Waals surface area contributed by atoms with Crippen LogP contribution in [0.5, 0.6) is 0 Å². The molecule has 0 unspecified atom stereocenters. The van der Waals surface area contributed by atoms with Gasteiger partial charge < -0.3 is 15.5 Å². The lowest BCUT2D eigenvalue weighted by Gasteiger charge is -2.27. The summed E-state index contributed by atoms with van der Waals surface area (Å²) >= 11 is 0. The van der Waals surface area contributed by atoms with E-state index < -0.39 is 0 Å². The first-order valence-corrected chi connectivity index (χ1v) is 8.18. The molecule has 2 aromatic rings. The van der Waals surface area contributed by atoms with E-state index in [4.69, 9.17) is 0 Å². The fourth-order valence-corrected chi connectivity index (χ4v) is 2.50. The number of pyridine rings is 1. The van der Waals surface area contributed by atoms with Crippen LogP contribution in [0.1, 0.15) is 37.0 Å². The molecular formula is C17H22N6O2. The molecule has 3 N–H and O–H groups in total. The second-order valence-corrected chi connectivity index (χ2v) is 7.05. The van der Waals surface area contributed by atoms with Gasteiger partial charge in [-0.15, -0.1) is 0 Å². The fourth-order valence-electron chi connectivity index (χ4n) is 2.50. The number of nitrogens with zero attached hydrogens (tertiary/aromatic N) is 3. The van der Waals surface area contributed by atoms with Crippen molar-refractivity contribution < 1.29 is 9.59 Å². The third-order valence-electron chi connectivity index (χ3n) is 3.99. The molecule has 0 radical (unpaired) electrons. The van der Waals surface area contributed by atoms with Crippen molar-refractivity contribution in [2.45, 2.75) is 26.2 Å². The summed E-state index contributed by atoms with van der Waals surface area (Å²) in [5.74, 6) is 0.403. The molecule has 1 fully saturated rings. The molecule has 0 bridgehead atoms. The third-order valence-corrected chi connectivity index (χ3v) is 3.99. The lowest BCUT2D eigenvalue weighted by Crippen LogP contribution is -2.48. The van der Waals surface area contributed by atoms with Gasteiger partial charge in [0.15, 0.2) is 5.69 Å². The number of H-pyrrole nitrogens is 1. The Bertz CT molecular complexity index is 775. The van der Waals surface area contributed by atoms with E-state index in [1.165, 1.54) is 0 Å². The van der Waals surface area contributed by atoms with Crippen molar-refractivity contribution in [2.24, 2.45) is 0 Å². The number of hydrogen-bond acceptors (Lipinski definition) is 5. The van der Waals surface area contributed by atoms with E-state index in [9.17, 15) is 9.59 Å². The molecule has 1 saturated heterocycles. The van der Waals surface area contributed by atoms with Crippen molar-refractivity contribution in [3.05, 3.63) is 35.8 Å². The molecule has 2 aromatic heterocycles. The Kier molecular flexibility index (Phi) is 4.43. The minimum Gasteiger partial charge on any atom is -0.353 e. The molecule has 0 atom stereocenters. The topological polar surface area (TPSA) is 103 Å². The molecule has 25 heavy (non-hydrogen) atoms. The molecule has 0 saturated carbocycles. The first-order valence-electron chi connectivity index (χ1n) is 8.18. The van der Waals surface area contributed by atoms with Gasteiger partial charge in [-0.1, -0.05) is 20.8 Å². The van der Waals surface area contributed by atoms with Gasteiger partial charge in [0.05, 0.1) is 18.4 Å². The summed E-state index contributed by atoms with van der Waals surface area (Å²) in [6, 6.07) is 5.31. The SMILES string of the molecule is CC(C)(C)c1cc(C(=O)Nc2ccc(N3CCNC(=O)C3)nc2)n[nH]1. The average molecular weight is 342 g/mol. The summed E-state index contributed by atoms with van der Waals surface area (Å²) in [4.78, 5) is 30.0. The van der Waals surface area contributed by atoms with Crippen LogP contribution in [-0.4, -0.2) is 46.6 Å². The Morgan fingerprint density at radius 1 is 1.32 bits per heavy atom. The largest absolute Gasteiger partial charge is 0.353 e. The molecule has 3 heterocycles. The van der Waals surface area contributed by atoms with Crippen molar-refractivity contribution in [1.82, 2.24) is 20.5 Å². The van der Waals surface area contributed by atoms with Crippen LogP contribution in [0.4, 0.5) is 11.5 Å². The van der Waals surface area contributed by atoms with E-state index in [0.29, 0.717) is 36.8 Å². The highest BCUT2D eigenvalue weighted by Crippen LogP contribution is 2.21. The third kappa shape index (κ3) is 3.96. The van der Waals surface area contributed by atoms with E-state index in [1.807, 2.05) is 25.7 Å². The highest BCUT2D eigenvalue weighted by Gasteiger charge is 2.20. The van der Waals surface area contributed by atoms with Crippen LogP contribution in [0, 0.1) is 0 Å². The van der Waals surface area contributed by atoms with Crippen molar-refractivity contribution in [3.8, 4) is 0 Å². The highest BCUT2D eigenvalue weighted by molar-refractivity contribution is 6.02. The lowest BCUT2D eigenvalue weighted by atomic mass is 9.92. The van der Waals surface area contributed by atoms with Crippen LogP contribution in [0.25, 0.3) is 0 Å². The predicted octanol–water partition coefficient (Wildman–Crippen LogP) is 1.29. The maximum Gasteiger partial charge on any atom is 0.276 e. The number of hydrogen-bond donors (Lipinski definition) is 3. The molecule has 0 aliphatic carbocycles. The van der Waals surface area contributed by atoms with Gasteiger partial charge in [0.1, 0.15) is 5.82 Å². The van der Waals surface area contributed by atoms with E-state index in [1.54, 1.807) is 24.4 Å². The molecule has 132 valence electrons. The van der Waals surface area contributed by atoms with Crippen molar-refractivity contribution >= 4 is 23.3 Å². The van der Waals surface area contributed by atoms with Crippen molar-refractivity contribution in [2.75, 3.05) is 29.9 Å². The first-order chi connectivity index (χ1) is 11.8. The molecule has 8 heteroatoms. The maximum atomic E-state index is 12.3. The summed E-state index contributed by atoms with van der Waals surface area (Å²) in [7, 11) is 0. The van der Waals surface area contributed by atoms with Crippen LogP contribution in [0.2, 0.25) is 0 Å².